The molecule has 0 saturated heterocycles. The van der Waals surface area contributed by atoms with Gasteiger partial charge in [-0.05, 0) is 89.5 Å². The van der Waals surface area contributed by atoms with E-state index in [-0.39, 0.29) is 43.0 Å². The summed E-state index contributed by atoms with van der Waals surface area (Å²) in [5.41, 5.74) is 9.93. The van der Waals surface area contributed by atoms with E-state index in [0.29, 0.717) is 59.0 Å². The van der Waals surface area contributed by atoms with Gasteiger partial charge in [-0.25, -0.2) is 0 Å². The van der Waals surface area contributed by atoms with Crippen molar-refractivity contribution in [3.8, 4) is 17.2 Å². The molecule has 4 aliphatic heterocycles. The van der Waals surface area contributed by atoms with Gasteiger partial charge in [0.05, 0.1) is 55.9 Å². The fraction of sp³-hybridized carbons (Fsp3) is 0.271. The van der Waals surface area contributed by atoms with E-state index >= 15 is 0 Å². The molecule has 0 bridgehead atoms. The first-order valence-electron chi connectivity index (χ1n) is 20.1. The van der Waals surface area contributed by atoms with Crippen LogP contribution in [0.3, 0.4) is 0 Å². The van der Waals surface area contributed by atoms with Crippen molar-refractivity contribution in [1.29, 1.82) is 0 Å². The number of rotatable bonds is 12. The molecule has 0 aromatic heterocycles. The van der Waals surface area contributed by atoms with Crippen LogP contribution in [0.25, 0.3) is 0 Å². The maximum absolute atomic E-state index is 13.9. The first-order chi connectivity index (χ1) is 29.2. The molecule has 4 heterocycles. The van der Waals surface area contributed by atoms with Crippen LogP contribution in [0.5, 0.6) is 17.2 Å². The highest BCUT2D eigenvalue weighted by Crippen LogP contribution is 2.42. The number of benzene rings is 5. The molecule has 5 aromatic rings. The van der Waals surface area contributed by atoms with Crippen LogP contribution < -0.4 is 28.9 Å². The van der Waals surface area contributed by atoms with Crippen LogP contribution in [0.1, 0.15) is 55.0 Å². The van der Waals surface area contributed by atoms with Crippen molar-refractivity contribution in [3.63, 3.8) is 0 Å². The Morgan fingerprint density at radius 2 is 1.28 bits per heavy atom. The van der Waals surface area contributed by atoms with E-state index in [9.17, 15) is 14.4 Å². The van der Waals surface area contributed by atoms with Gasteiger partial charge >= 0.3 is 5.97 Å². The van der Waals surface area contributed by atoms with Crippen LogP contribution in [-0.2, 0) is 41.8 Å². The zero-order valence-corrected chi connectivity index (χ0v) is 34.0. The average molecular weight is 804 g/mol. The lowest BCUT2D eigenvalue weighted by Crippen LogP contribution is -2.37. The smallest absolute Gasteiger partial charge is 0.325 e. The van der Waals surface area contributed by atoms with E-state index in [2.05, 4.69) is 18.2 Å². The molecule has 0 saturated carbocycles. The lowest BCUT2D eigenvalue weighted by Gasteiger charge is -2.22. The number of fused-ring (bicyclic) bond motifs is 8. The van der Waals surface area contributed by atoms with Gasteiger partial charge in [-0.3, -0.25) is 34.2 Å². The number of esters is 1. The Bertz CT molecular complexity index is 2600. The topological polar surface area (TPSA) is 123 Å². The summed E-state index contributed by atoms with van der Waals surface area (Å²) < 4.78 is 23.0. The number of ether oxygens (including phenoxy) is 4. The number of hydrogen-bond donors (Lipinski definition) is 0. The third-order valence-corrected chi connectivity index (χ3v) is 11.8. The van der Waals surface area contributed by atoms with Gasteiger partial charge in [0.25, 0.3) is 11.8 Å². The Kier molecular flexibility index (Phi) is 10.3. The molecule has 9 rings (SSSR count). The van der Waals surface area contributed by atoms with Crippen molar-refractivity contribution in [2.75, 3.05) is 49.6 Å². The molecule has 60 heavy (non-hydrogen) atoms. The van der Waals surface area contributed by atoms with Crippen molar-refractivity contribution in [1.82, 2.24) is 0 Å². The fourth-order valence-corrected chi connectivity index (χ4v) is 8.74. The molecule has 0 spiro atoms. The first-order valence-corrected chi connectivity index (χ1v) is 20.1. The molecular weight excluding hydrogens is 759 g/mol. The van der Waals surface area contributed by atoms with Crippen LogP contribution in [0, 0.1) is 0 Å². The van der Waals surface area contributed by atoms with Crippen LogP contribution >= 0.6 is 0 Å². The summed E-state index contributed by atoms with van der Waals surface area (Å²) in [6, 6.07) is 29.1. The summed E-state index contributed by atoms with van der Waals surface area (Å²) in [5, 5.41) is 0. The van der Waals surface area contributed by atoms with E-state index in [1.54, 1.807) is 26.4 Å². The highest BCUT2D eigenvalue weighted by molar-refractivity contribution is 6.15. The number of carbonyl (C=O) groups excluding carboxylic acids is 3. The first kappa shape index (κ1) is 38.6. The van der Waals surface area contributed by atoms with Crippen LogP contribution in [0.15, 0.2) is 101 Å². The number of aliphatic imine (C=N–C) groups is 2. The van der Waals surface area contributed by atoms with Gasteiger partial charge in [-0.15, -0.1) is 0 Å². The van der Waals surface area contributed by atoms with Gasteiger partial charge in [0.1, 0.15) is 18.9 Å². The second-order valence-electron chi connectivity index (χ2n) is 15.5. The molecule has 0 unspecified atom stereocenters. The van der Waals surface area contributed by atoms with Crippen LogP contribution in [0.2, 0.25) is 0 Å². The minimum absolute atomic E-state index is 0.0723. The minimum Gasteiger partial charge on any atom is -0.496 e. The molecule has 4 aliphatic rings. The summed E-state index contributed by atoms with van der Waals surface area (Å²) in [7, 11) is 6.40. The number of aryl methyl sites for hydroxylation is 2. The second-order valence-corrected chi connectivity index (χ2v) is 15.5. The third-order valence-electron chi connectivity index (χ3n) is 11.8. The fourth-order valence-electron chi connectivity index (χ4n) is 8.74. The van der Waals surface area contributed by atoms with Gasteiger partial charge < -0.3 is 23.8 Å². The molecule has 0 radical (unpaired) electrons. The lowest BCUT2D eigenvalue weighted by atomic mass is 9.99. The predicted molar refractivity (Wildman–Crippen MR) is 232 cm³/mol. The molecule has 2 amide bonds. The number of likely N-dealkylation sites (N-methyl/N-ethyl adjacent to an activating group) is 1. The predicted octanol–water partition coefficient (Wildman–Crippen LogP) is 7.64. The van der Waals surface area contributed by atoms with E-state index < -0.39 is 0 Å². The molecule has 0 fully saturated rings. The zero-order chi connectivity index (χ0) is 41.5. The second kappa shape index (κ2) is 16.0. The maximum Gasteiger partial charge on any atom is 0.325 e. The van der Waals surface area contributed by atoms with E-state index in [0.717, 1.165) is 57.7 Å². The Balaban J connectivity index is 0.942. The Morgan fingerprint density at radius 3 is 1.90 bits per heavy atom. The highest BCUT2D eigenvalue weighted by atomic mass is 16.5. The zero-order valence-electron chi connectivity index (χ0n) is 34.0. The molecule has 304 valence electrons. The molecule has 12 heteroatoms. The number of carbonyl (C=O) groups is 3. The summed E-state index contributed by atoms with van der Waals surface area (Å²) in [4.78, 5) is 55.2. The lowest BCUT2D eigenvalue weighted by molar-refractivity contribution is -0.138. The quantitative estimate of drug-likeness (QED) is 0.118. The van der Waals surface area contributed by atoms with Crippen LogP contribution in [0.4, 0.5) is 28.4 Å². The van der Waals surface area contributed by atoms with Crippen molar-refractivity contribution in [2.45, 2.75) is 50.8 Å². The van der Waals surface area contributed by atoms with Gasteiger partial charge in [0, 0.05) is 55.4 Å². The summed E-state index contributed by atoms with van der Waals surface area (Å²) >= 11 is 0. The van der Waals surface area contributed by atoms with E-state index in [1.165, 1.54) is 7.11 Å². The molecule has 0 aliphatic carbocycles. The van der Waals surface area contributed by atoms with E-state index in [1.807, 2.05) is 94.8 Å². The van der Waals surface area contributed by atoms with Crippen LogP contribution in [-0.4, -0.2) is 77.2 Å². The number of hydrogen-bond acceptors (Lipinski definition) is 10. The molecule has 0 N–H and O–H groups in total. The third kappa shape index (κ3) is 7.12. The normalized spacial score (nSPS) is 16.8. The van der Waals surface area contributed by atoms with Crippen molar-refractivity contribution >= 4 is 58.6 Å². The van der Waals surface area contributed by atoms with Gasteiger partial charge in [0.15, 0.2) is 11.5 Å². The number of amides is 2. The standard InChI is InChI=1S/C48H45N5O7/c1-51(27-46(54)59-4)34-17-29(10-9-13-33-21-39-37(22-43(33)57-2)47(55)52-35(25-49-39)19-31-11-5-7-14-41(31)52)16-30(18-34)28-60-45-24-40-38(23-44(45)58-3)48(56)53-36(26-50-40)20-32-12-6-8-15-42(32)53/h5-8,11-12,14-18,21-26,35-36H,9-10,13,19-20,27-28H2,1-4H3/t35-,36-/m0/s1. The Labute approximate surface area is 348 Å². The highest BCUT2D eigenvalue weighted by Gasteiger charge is 2.38. The van der Waals surface area contributed by atoms with Crippen molar-refractivity contribution < 1.29 is 33.3 Å². The molecule has 2 atom stereocenters. The monoisotopic (exact) mass is 803 g/mol. The summed E-state index contributed by atoms with van der Waals surface area (Å²) in [5.74, 6) is 0.962. The van der Waals surface area contributed by atoms with Gasteiger partial charge in [-0.2, -0.15) is 0 Å². The number of anilines is 3. The van der Waals surface area contributed by atoms with Gasteiger partial charge in [-0.1, -0.05) is 42.5 Å². The minimum atomic E-state index is -0.351. The summed E-state index contributed by atoms with van der Waals surface area (Å²) in [6.45, 7) is 0.262. The molecular formula is C48H45N5O7. The maximum atomic E-state index is 13.9. The molecule has 5 aromatic carbocycles. The SMILES string of the molecule is COC(=O)CN(C)c1cc(CCCc2cc3c(cc2OC)C(=O)N2c4ccccc4C[C@H]2C=N3)cc(COc2cc3c(cc2OC)C(=O)N2c4ccccc4C[C@H]2C=N3)c1. The number of methoxy groups -OCH3 is 3. The van der Waals surface area contributed by atoms with Gasteiger partial charge in [0.2, 0.25) is 0 Å². The number of para-hydroxylation sites is 2. The molecule has 12 nitrogen and oxygen atoms in total. The van der Waals surface area contributed by atoms with Crippen molar-refractivity contribution in [3.05, 3.63) is 130 Å². The summed E-state index contributed by atoms with van der Waals surface area (Å²) in [6.07, 6.45) is 7.32. The Morgan fingerprint density at radius 1 is 0.700 bits per heavy atom. The van der Waals surface area contributed by atoms with E-state index in [4.69, 9.17) is 28.9 Å². The van der Waals surface area contributed by atoms with Crippen molar-refractivity contribution in [2.24, 2.45) is 9.98 Å². The Hall–Kier alpha value is -6.95. The number of nitrogens with zero attached hydrogens (tertiary/aromatic N) is 5. The largest absolute Gasteiger partial charge is 0.496 e. The average Bonchev–Trinajstić information content (AvgIpc) is 3.76.